The molecule has 57 heavy (non-hydrogen) atoms. The maximum atomic E-state index is 14.7. The number of carbonyl (C=O) groups excluding carboxylic acids is 4. The van der Waals surface area contributed by atoms with E-state index in [1.807, 2.05) is 54.6 Å². The number of cyclic esters (lactones) is 1. The maximum Gasteiger partial charge on any atom is 0.407 e. The molecule has 2 aliphatic heterocycles. The molecule has 3 aromatic rings. The quantitative estimate of drug-likeness (QED) is 0.274. The molecule has 3 heterocycles. The van der Waals surface area contributed by atoms with Gasteiger partial charge in [-0.25, -0.2) is 23.2 Å². The molecular weight excluding hydrogens is 749 g/mol. The fourth-order valence-electron chi connectivity index (χ4n) is 7.48. The summed E-state index contributed by atoms with van der Waals surface area (Å²) in [5.74, 6) is -2.39. The number of aromatic nitrogens is 2. The number of hydrogen-bond donors (Lipinski definition) is 3. The average Bonchev–Trinajstić information content (AvgIpc) is 4.10. The van der Waals surface area contributed by atoms with Crippen molar-refractivity contribution in [2.24, 2.45) is 11.3 Å². The predicted octanol–water partition coefficient (Wildman–Crippen LogP) is 5.04. The molecule has 5 atom stereocenters. The van der Waals surface area contributed by atoms with Gasteiger partial charge in [0.25, 0.3) is 5.91 Å². The van der Waals surface area contributed by atoms with Gasteiger partial charge in [-0.3, -0.25) is 19.1 Å². The van der Waals surface area contributed by atoms with Crippen LogP contribution in [0.3, 0.4) is 0 Å². The predicted molar refractivity (Wildman–Crippen MR) is 214 cm³/mol. The molecule has 4 aliphatic rings. The lowest BCUT2D eigenvalue weighted by Gasteiger charge is -2.35. The fraction of sp³-hybridized carbons (Fsp3) is 0.476. The first-order valence-corrected chi connectivity index (χ1v) is 21.2. The van der Waals surface area contributed by atoms with Crippen LogP contribution in [0.15, 0.2) is 67.3 Å². The molecule has 3 N–H and O–H groups in total. The van der Waals surface area contributed by atoms with Crippen molar-refractivity contribution in [1.82, 2.24) is 30.2 Å². The second-order valence-electron chi connectivity index (χ2n) is 16.5. The first-order chi connectivity index (χ1) is 27.2. The van der Waals surface area contributed by atoms with Crippen molar-refractivity contribution in [2.75, 3.05) is 13.2 Å². The lowest BCUT2D eigenvalue weighted by molar-refractivity contribution is -0.142. The summed E-state index contributed by atoms with van der Waals surface area (Å²) in [5, 5.41) is 4.92. The van der Waals surface area contributed by atoms with Crippen LogP contribution in [0.2, 0.25) is 0 Å². The summed E-state index contributed by atoms with van der Waals surface area (Å²) < 4.78 is 39.9. The van der Waals surface area contributed by atoms with Gasteiger partial charge in [0.2, 0.25) is 27.7 Å². The van der Waals surface area contributed by atoms with Gasteiger partial charge in [0.15, 0.2) is 0 Å². The Hall–Kier alpha value is -5.31. The van der Waals surface area contributed by atoms with E-state index >= 15 is 0 Å². The molecule has 4 amide bonds. The van der Waals surface area contributed by atoms with E-state index in [0.29, 0.717) is 36.0 Å². The van der Waals surface area contributed by atoms with Gasteiger partial charge in [0.05, 0.1) is 29.4 Å². The van der Waals surface area contributed by atoms with Crippen molar-refractivity contribution >= 4 is 50.9 Å². The SMILES string of the molecule is C=C[C@@H]1C[C@@]1(NC(=O)[C@@H]1C[C@@H]2CN1C(=O)[C@H](C(C)(C)C)NC(=O)OCCCCC/C=C/c1ccc3nc(-c4ccccc4)c(nc3c1)O2)C(=O)NS(=O)(=O)C1CC1. The first-order valence-electron chi connectivity index (χ1n) is 19.6. The van der Waals surface area contributed by atoms with Crippen LogP contribution in [0.1, 0.15) is 77.7 Å². The molecular formula is C42H50N6O8S. The van der Waals surface area contributed by atoms with E-state index in [1.54, 1.807) is 20.8 Å². The number of fused-ring (bicyclic) bond motifs is 4. The highest BCUT2D eigenvalue weighted by atomic mass is 32.2. The van der Waals surface area contributed by atoms with Gasteiger partial charge in [-0.2, -0.15) is 0 Å². The Bertz CT molecular complexity index is 2200. The minimum absolute atomic E-state index is 0.00751. The van der Waals surface area contributed by atoms with Crippen molar-refractivity contribution in [1.29, 1.82) is 0 Å². The Labute approximate surface area is 332 Å². The van der Waals surface area contributed by atoms with Gasteiger partial charge in [-0.15, -0.1) is 6.58 Å². The molecule has 2 saturated carbocycles. The maximum absolute atomic E-state index is 14.7. The summed E-state index contributed by atoms with van der Waals surface area (Å²) in [4.78, 5) is 67.1. The van der Waals surface area contributed by atoms with E-state index in [9.17, 15) is 27.6 Å². The van der Waals surface area contributed by atoms with E-state index in [2.05, 4.69) is 28.0 Å². The number of carbonyl (C=O) groups is 4. The monoisotopic (exact) mass is 798 g/mol. The third-order valence-electron chi connectivity index (χ3n) is 11.0. The molecule has 2 aromatic carbocycles. The second-order valence-corrected chi connectivity index (χ2v) is 18.4. The zero-order chi connectivity index (χ0) is 40.5. The van der Waals surface area contributed by atoms with Crippen molar-refractivity contribution < 1.29 is 37.1 Å². The number of ether oxygens (including phenoxy) is 2. The van der Waals surface area contributed by atoms with E-state index in [0.717, 1.165) is 30.4 Å². The fourth-order valence-corrected chi connectivity index (χ4v) is 8.84. The van der Waals surface area contributed by atoms with E-state index in [-0.39, 0.29) is 31.9 Å². The van der Waals surface area contributed by atoms with E-state index < -0.39 is 74.1 Å². The number of allylic oxidation sites excluding steroid dienone is 1. The average molecular weight is 799 g/mol. The minimum atomic E-state index is -3.92. The molecule has 0 radical (unpaired) electrons. The van der Waals surface area contributed by atoms with Crippen LogP contribution >= 0.6 is 0 Å². The van der Waals surface area contributed by atoms with Crippen LogP contribution in [0.5, 0.6) is 5.88 Å². The van der Waals surface area contributed by atoms with Gasteiger partial charge < -0.3 is 25.0 Å². The molecule has 1 saturated heterocycles. The Balaban J connectivity index is 1.26. The Kier molecular flexibility index (Phi) is 11.1. The van der Waals surface area contributed by atoms with Crippen molar-refractivity contribution in [2.45, 2.75) is 101 Å². The van der Waals surface area contributed by atoms with Crippen LogP contribution in [-0.4, -0.2) is 89.2 Å². The number of nitrogens with zero attached hydrogens (tertiary/aromatic N) is 3. The first kappa shape index (κ1) is 39.9. The van der Waals surface area contributed by atoms with E-state index in [1.165, 1.54) is 11.0 Å². The lowest BCUT2D eigenvalue weighted by Crippen LogP contribution is -2.60. The molecule has 2 aliphatic carbocycles. The highest BCUT2D eigenvalue weighted by Crippen LogP contribution is 2.45. The lowest BCUT2D eigenvalue weighted by atomic mass is 9.85. The van der Waals surface area contributed by atoms with Gasteiger partial charge in [-0.05, 0) is 68.1 Å². The molecule has 1 aromatic heterocycles. The minimum Gasteiger partial charge on any atom is -0.471 e. The van der Waals surface area contributed by atoms with E-state index in [4.69, 9.17) is 19.4 Å². The number of rotatable bonds is 7. The summed E-state index contributed by atoms with van der Waals surface area (Å²) in [6.07, 6.45) is 8.33. The van der Waals surface area contributed by atoms with Crippen molar-refractivity contribution in [3.63, 3.8) is 0 Å². The van der Waals surface area contributed by atoms with Crippen LogP contribution in [-0.2, 0) is 29.1 Å². The molecule has 15 heteroatoms. The van der Waals surface area contributed by atoms with Gasteiger partial charge in [0.1, 0.15) is 29.4 Å². The topological polar surface area (TPSA) is 186 Å². The summed E-state index contributed by atoms with van der Waals surface area (Å²) >= 11 is 0. The number of nitrogens with one attached hydrogen (secondary N) is 3. The van der Waals surface area contributed by atoms with Gasteiger partial charge >= 0.3 is 6.09 Å². The molecule has 3 fully saturated rings. The molecule has 7 rings (SSSR count). The zero-order valence-electron chi connectivity index (χ0n) is 32.5. The molecule has 302 valence electrons. The molecule has 14 nitrogen and oxygen atoms in total. The Morgan fingerprint density at radius 2 is 1.81 bits per heavy atom. The van der Waals surface area contributed by atoms with Crippen molar-refractivity contribution in [3.05, 3.63) is 72.8 Å². The van der Waals surface area contributed by atoms with Crippen LogP contribution in [0, 0.1) is 11.3 Å². The van der Waals surface area contributed by atoms with Gasteiger partial charge in [-0.1, -0.05) is 75.4 Å². The Morgan fingerprint density at radius 3 is 2.51 bits per heavy atom. The molecule has 0 spiro atoms. The third-order valence-corrected chi connectivity index (χ3v) is 12.8. The number of alkyl carbamates (subject to hydrolysis) is 1. The standard InChI is InChI=1S/C42H50N6O8S/c1-5-28-24-42(28,39(51)47-57(53,54)30-18-19-30)46-36(49)33-23-29-25-48(33)38(50)35(41(2,3)4)45-40(52)55-21-13-8-6-7-10-14-26-17-20-31-32(22-26)44-37(56-29)34(43-31)27-15-11-9-12-16-27/h5,9-12,14-17,20,22,28-30,33,35H,1,6-8,13,18-19,21,23-25H2,2-4H3,(H,45,52)(H,46,49)(H,47,51)/b14-10+/t28-,29-,33+,35-,42+/m1/s1. The number of sulfonamides is 1. The summed E-state index contributed by atoms with van der Waals surface area (Å²) in [5.41, 5.74) is 1.04. The largest absolute Gasteiger partial charge is 0.471 e. The highest BCUT2D eigenvalue weighted by Gasteiger charge is 2.62. The van der Waals surface area contributed by atoms with Crippen LogP contribution < -0.4 is 20.1 Å². The van der Waals surface area contributed by atoms with Crippen LogP contribution in [0.4, 0.5) is 4.79 Å². The number of benzene rings is 2. The second kappa shape index (κ2) is 15.9. The summed E-state index contributed by atoms with van der Waals surface area (Å²) in [6, 6.07) is 13.0. The van der Waals surface area contributed by atoms with Crippen LogP contribution in [0.25, 0.3) is 28.4 Å². The highest BCUT2D eigenvalue weighted by molar-refractivity contribution is 7.91. The number of hydrogen-bond acceptors (Lipinski definition) is 10. The molecule has 5 bridgehead atoms. The summed E-state index contributed by atoms with van der Waals surface area (Å²) in [7, 11) is -3.92. The molecule has 0 unspecified atom stereocenters. The zero-order valence-corrected chi connectivity index (χ0v) is 33.3. The smallest absolute Gasteiger partial charge is 0.407 e. The number of amides is 4. The van der Waals surface area contributed by atoms with Crippen molar-refractivity contribution in [3.8, 4) is 17.1 Å². The van der Waals surface area contributed by atoms with Gasteiger partial charge in [0, 0.05) is 17.9 Å². The Morgan fingerprint density at radius 1 is 1.04 bits per heavy atom. The third kappa shape index (κ3) is 8.83. The normalized spacial score (nSPS) is 26.4. The summed E-state index contributed by atoms with van der Waals surface area (Å²) in [6.45, 7) is 9.29.